The van der Waals surface area contributed by atoms with E-state index in [-0.39, 0.29) is 0 Å². The van der Waals surface area contributed by atoms with Crippen LogP contribution in [-0.4, -0.2) is 48.1 Å². The van der Waals surface area contributed by atoms with Crippen molar-refractivity contribution in [2.45, 2.75) is 39.3 Å². The average molecular weight is 272 g/mol. The van der Waals surface area contributed by atoms with E-state index in [0.29, 0.717) is 12.1 Å². The van der Waals surface area contributed by atoms with Crippen molar-refractivity contribution in [3.05, 3.63) is 42.0 Å². The lowest BCUT2D eigenvalue weighted by Gasteiger charge is -2.43. The van der Waals surface area contributed by atoms with Gasteiger partial charge < -0.3 is 0 Å². The molecule has 1 aliphatic heterocycles. The molecular formula is C18H28N2. The van der Waals surface area contributed by atoms with Crippen LogP contribution in [0.15, 0.2) is 36.4 Å². The van der Waals surface area contributed by atoms with Crippen LogP contribution >= 0.6 is 0 Å². The van der Waals surface area contributed by atoms with Crippen molar-refractivity contribution >= 4 is 6.08 Å². The number of benzene rings is 1. The van der Waals surface area contributed by atoms with Gasteiger partial charge in [0.05, 0.1) is 0 Å². The quantitative estimate of drug-likeness (QED) is 0.809. The fourth-order valence-corrected chi connectivity index (χ4v) is 3.04. The molecule has 2 heteroatoms. The van der Waals surface area contributed by atoms with E-state index in [0.717, 1.165) is 6.54 Å². The Hall–Kier alpha value is -1.12. The minimum absolute atomic E-state index is 0.668. The summed E-state index contributed by atoms with van der Waals surface area (Å²) < 4.78 is 0. The van der Waals surface area contributed by atoms with E-state index in [9.17, 15) is 0 Å². The molecule has 0 aromatic heterocycles. The fourth-order valence-electron chi connectivity index (χ4n) is 3.04. The molecule has 1 aromatic carbocycles. The molecular weight excluding hydrogens is 244 g/mol. The standard InChI is InChI=1S/C18H28N2/c1-4-18-15-19(13-14-20(18)16(2)3)12-8-11-17-9-6-5-7-10-17/h5-11,16,18H,4,12-15H2,1-3H3/b11-8+/t18-/m0/s1. The van der Waals surface area contributed by atoms with E-state index in [2.05, 4.69) is 73.1 Å². The van der Waals surface area contributed by atoms with E-state index >= 15 is 0 Å². The molecule has 0 saturated carbocycles. The third kappa shape index (κ3) is 4.19. The van der Waals surface area contributed by atoms with Crippen LogP contribution in [0.2, 0.25) is 0 Å². The van der Waals surface area contributed by atoms with Crippen molar-refractivity contribution in [2.24, 2.45) is 0 Å². The molecule has 1 saturated heterocycles. The maximum atomic E-state index is 2.65. The summed E-state index contributed by atoms with van der Waals surface area (Å²) >= 11 is 0. The Balaban J connectivity index is 1.84. The molecule has 0 bridgehead atoms. The second-order valence-electron chi connectivity index (χ2n) is 5.97. The van der Waals surface area contributed by atoms with Crippen LogP contribution in [0.1, 0.15) is 32.8 Å². The van der Waals surface area contributed by atoms with Gasteiger partial charge in [-0.3, -0.25) is 9.80 Å². The van der Waals surface area contributed by atoms with Crippen LogP contribution in [0, 0.1) is 0 Å². The molecule has 20 heavy (non-hydrogen) atoms. The maximum Gasteiger partial charge on any atom is 0.0223 e. The summed E-state index contributed by atoms with van der Waals surface area (Å²) in [4.78, 5) is 5.23. The Morgan fingerprint density at radius 1 is 1.20 bits per heavy atom. The third-order valence-corrected chi connectivity index (χ3v) is 4.22. The summed E-state index contributed by atoms with van der Waals surface area (Å²) in [5, 5.41) is 0. The first kappa shape index (κ1) is 15.3. The van der Waals surface area contributed by atoms with Gasteiger partial charge in [0.1, 0.15) is 0 Å². The first-order valence-corrected chi connectivity index (χ1v) is 7.90. The lowest BCUT2D eigenvalue weighted by Crippen LogP contribution is -2.55. The minimum Gasteiger partial charge on any atom is -0.297 e. The van der Waals surface area contributed by atoms with Crippen molar-refractivity contribution in [1.82, 2.24) is 9.80 Å². The molecule has 110 valence electrons. The first-order chi connectivity index (χ1) is 9.70. The topological polar surface area (TPSA) is 6.48 Å². The average Bonchev–Trinajstić information content (AvgIpc) is 2.48. The van der Waals surface area contributed by atoms with E-state index in [1.165, 1.54) is 31.6 Å². The molecule has 0 spiro atoms. The summed E-state index contributed by atoms with van der Waals surface area (Å²) in [6.07, 6.45) is 5.78. The summed E-state index contributed by atoms with van der Waals surface area (Å²) in [6, 6.07) is 11.9. The van der Waals surface area contributed by atoms with Gasteiger partial charge in [0.15, 0.2) is 0 Å². The highest BCUT2D eigenvalue weighted by atomic mass is 15.3. The van der Waals surface area contributed by atoms with Crippen LogP contribution in [0.25, 0.3) is 6.08 Å². The van der Waals surface area contributed by atoms with Crippen molar-refractivity contribution in [3.8, 4) is 0 Å². The van der Waals surface area contributed by atoms with E-state index < -0.39 is 0 Å². The molecule has 2 nitrogen and oxygen atoms in total. The normalized spacial score (nSPS) is 21.9. The number of hydrogen-bond acceptors (Lipinski definition) is 2. The zero-order chi connectivity index (χ0) is 14.4. The van der Waals surface area contributed by atoms with Crippen molar-refractivity contribution in [2.75, 3.05) is 26.2 Å². The summed E-state index contributed by atoms with van der Waals surface area (Å²) in [5.41, 5.74) is 1.29. The van der Waals surface area contributed by atoms with Gasteiger partial charge in [0.25, 0.3) is 0 Å². The Morgan fingerprint density at radius 2 is 1.95 bits per heavy atom. The fraction of sp³-hybridized carbons (Fsp3) is 0.556. The second-order valence-corrected chi connectivity index (χ2v) is 5.97. The van der Waals surface area contributed by atoms with E-state index in [1.807, 2.05) is 0 Å². The summed E-state index contributed by atoms with van der Waals surface area (Å²) in [7, 11) is 0. The van der Waals surface area contributed by atoms with Gasteiger partial charge in [-0.25, -0.2) is 0 Å². The van der Waals surface area contributed by atoms with Crippen LogP contribution in [0.4, 0.5) is 0 Å². The summed E-state index contributed by atoms with van der Waals surface area (Å²) in [5.74, 6) is 0. The first-order valence-electron chi connectivity index (χ1n) is 7.90. The molecule has 1 aromatic rings. The van der Waals surface area contributed by atoms with Gasteiger partial charge in [-0.05, 0) is 25.8 Å². The maximum absolute atomic E-state index is 2.65. The third-order valence-electron chi connectivity index (χ3n) is 4.22. The zero-order valence-electron chi connectivity index (χ0n) is 13.1. The monoisotopic (exact) mass is 272 g/mol. The minimum atomic E-state index is 0.668. The molecule has 0 N–H and O–H groups in total. The highest BCUT2D eigenvalue weighted by Crippen LogP contribution is 2.15. The lowest BCUT2D eigenvalue weighted by molar-refractivity contribution is 0.0553. The van der Waals surface area contributed by atoms with Gasteiger partial charge in [0, 0.05) is 38.3 Å². The predicted octanol–water partition coefficient (Wildman–Crippen LogP) is 3.50. The molecule has 1 aliphatic rings. The van der Waals surface area contributed by atoms with Gasteiger partial charge in [-0.2, -0.15) is 0 Å². The molecule has 0 aliphatic carbocycles. The zero-order valence-corrected chi connectivity index (χ0v) is 13.1. The highest BCUT2D eigenvalue weighted by Gasteiger charge is 2.26. The van der Waals surface area contributed by atoms with Crippen LogP contribution in [0.3, 0.4) is 0 Å². The van der Waals surface area contributed by atoms with Crippen molar-refractivity contribution in [1.29, 1.82) is 0 Å². The van der Waals surface area contributed by atoms with Gasteiger partial charge in [-0.15, -0.1) is 0 Å². The van der Waals surface area contributed by atoms with Crippen LogP contribution < -0.4 is 0 Å². The van der Waals surface area contributed by atoms with Crippen LogP contribution in [0.5, 0.6) is 0 Å². The van der Waals surface area contributed by atoms with Crippen LogP contribution in [-0.2, 0) is 0 Å². The number of piperazine rings is 1. The Labute approximate surface area is 124 Å². The molecule has 1 fully saturated rings. The predicted molar refractivity (Wildman–Crippen MR) is 87.8 cm³/mol. The number of hydrogen-bond donors (Lipinski definition) is 0. The van der Waals surface area contributed by atoms with Gasteiger partial charge >= 0.3 is 0 Å². The SMILES string of the molecule is CC[C@H]1CN(C/C=C/c2ccccc2)CCN1C(C)C. The molecule has 2 rings (SSSR count). The smallest absolute Gasteiger partial charge is 0.0223 e. The van der Waals surface area contributed by atoms with E-state index in [4.69, 9.17) is 0 Å². The summed E-state index contributed by atoms with van der Waals surface area (Å²) in [6.45, 7) is 11.6. The second kappa shape index (κ2) is 7.61. The molecule has 1 atom stereocenters. The largest absolute Gasteiger partial charge is 0.297 e. The van der Waals surface area contributed by atoms with Crippen molar-refractivity contribution < 1.29 is 0 Å². The van der Waals surface area contributed by atoms with Gasteiger partial charge in [-0.1, -0.05) is 49.4 Å². The number of rotatable bonds is 5. The lowest BCUT2D eigenvalue weighted by atomic mass is 10.1. The molecule has 1 heterocycles. The highest BCUT2D eigenvalue weighted by molar-refractivity contribution is 5.48. The Bertz CT molecular complexity index is 411. The molecule has 0 unspecified atom stereocenters. The van der Waals surface area contributed by atoms with Gasteiger partial charge in [0.2, 0.25) is 0 Å². The van der Waals surface area contributed by atoms with Crippen molar-refractivity contribution in [3.63, 3.8) is 0 Å². The Morgan fingerprint density at radius 3 is 2.60 bits per heavy atom. The number of nitrogens with zero attached hydrogens (tertiary/aromatic N) is 2. The molecule has 0 amide bonds. The van der Waals surface area contributed by atoms with E-state index in [1.54, 1.807) is 0 Å². The Kier molecular flexibility index (Phi) is 5.81. The molecule has 0 radical (unpaired) electrons.